The van der Waals surface area contributed by atoms with Crippen LogP contribution in [0.25, 0.3) is 11.1 Å². The number of nitrogens with zero attached hydrogens (tertiary/aromatic N) is 2. The molecule has 0 amide bonds. The summed E-state index contributed by atoms with van der Waals surface area (Å²) in [5.41, 5.74) is 3.52. The summed E-state index contributed by atoms with van der Waals surface area (Å²) in [4.78, 5) is 12.3. The van der Waals surface area contributed by atoms with E-state index in [-0.39, 0.29) is 5.78 Å². The fraction of sp³-hybridized carbons (Fsp3) is 0.0588. The molecule has 2 aromatic carbocycles. The van der Waals surface area contributed by atoms with E-state index in [2.05, 4.69) is 17.2 Å². The first kappa shape index (κ1) is 12.4. The summed E-state index contributed by atoms with van der Waals surface area (Å²) < 4.78 is 1.59. The number of hydrogen-bond acceptors (Lipinski definition) is 2. The van der Waals surface area contributed by atoms with Gasteiger partial charge in [-0.05, 0) is 17.2 Å². The van der Waals surface area contributed by atoms with Crippen molar-refractivity contribution in [2.75, 3.05) is 0 Å². The monoisotopic (exact) mass is 262 g/mol. The zero-order valence-corrected chi connectivity index (χ0v) is 11.2. The van der Waals surface area contributed by atoms with Gasteiger partial charge in [0.05, 0.1) is 0 Å². The van der Waals surface area contributed by atoms with Crippen LogP contribution in [-0.4, -0.2) is 15.6 Å². The number of aryl methyl sites for hydroxylation is 1. The summed E-state index contributed by atoms with van der Waals surface area (Å²) in [6.07, 6.45) is 1.63. The Balaban J connectivity index is 1.91. The van der Waals surface area contributed by atoms with Gasteiger partial charge in [0, 0.05) is 18.8 Å². The zero-order valence-electron chi connectivity index (χ0n) is 11.2. The van der Waals surface area contributed by atoms with Crippen molar-refractivity contribution in [2.24, 2.45) is 7.05 Å². The predicted molar refractivity (Wildman–Crippen MR) is 78.5 cm³/mol. The van der Waals surface area contributed by atoms with Crippen LogP contribution >= 0.6 is 0 Å². The van der Waals surface area contributed by atoms with E-state index in [0.717, 1.165) is 11.1 Å². The molecule has 0 bridgehead atoms. The maximum atomic E-state index is 12.3. The van der Waals surface area contributed by atoms with Gasteiger partial charge in [-0.3, -0.25) is 9.48 Å². The second-order valence-corrected chi connectivity index (χ2v) is 4.61. The molecule has 3 aromatic rings. The third-order valence-corrected chi connectivity index (χ3v) is 3.31. The summed E-state index contributed by atoms with van der Waals surface area (Å²) in [7, 11) is 1.77. The lowest BCUT2D eigenvalue weighted by Gasteiger charge is -2.04. The fourth-order valence-electron chi connectivity index (χ4n) is 2.19. The van der Waals surface area contributed by atoms with Gasteiger partial charge in [-0.25, -0.2) is 0 Å². The first-order valence-electron chi connectivity index (χ1n) is 6.44. The van der Waals surface area contributed by atoms with Crippen molar-refractivity contribution in [3.8, 4) is 11.1 Å². The Morgan fingerprint density at radius 1 is 0.900 bits per heavy atom. The number of hydrogen-bond donors (Lipinski definition) is 0. The average molecular weight is 262 g/mol. The van der Waals surface area contributed by atoms with Gasteiger partial charge in [0.15, 0.2) is 0 Å². The summed E-state index contributed by atoms with van der Waals surface area (Å²) in [6, 6.07) is 19.5. The topological polar surface area (TPSA) is 34.9 Å². The molecule has 1 heterocycles. The molecule has 98 valence electrons. The van der Waals surface area contributed by atoms with Gasteiger partial charge in [0.2, 0.25) is 5.78 Å². The van der Waals surface area contributed by atoms with E-state index in [1.807, 2.05) is 42.5 Å². The van der Waals surface area contributed by atoms with E-state index in [9.17, 15) is 4.79 Å². The van der Waals surface area contributed by atoms with Crippen molar-refractivity contribution in [3.05, 3.63) is 78.1 Å². The zero-order chi connectivity index (χ0) is 13.9. The lowest BCUT2D eigenvalue weighted by atomic mass is 10.0. The summed E-state index contributed by atoms with van der Waals surface area (Å²) >= 11 is 0. The second-order valence-electron chi connectivity index (χ2n) is 4.61. The molecule has 0 fully saturated rings. The van der Waals surface area contributed by atoms with Crippen molar-refractivity contribution in [1.29, 1.82) is 0 Å². The van der Waals surface area contributed by atoms with E-state index < -0.39 is 0 Å². The highest BCUT2D eigenvalue weighted by atomic mass is 16.1. The number of carbonyl (C=O) groups is 1. The number of rotatable bonds is 3. The average Bonchev–Trinajstić information content (AvgIpc) is 2.94. The standard InChI is InChI=1S/C17H14N2O/c1-19-16(11-12-18-19)17(20)15-9-7-14(8-10-15)13-5-3-2-4-6-13/h2-12H,1H3. The third-order valence-electron chi connectivity index (χ3n) is 3.31. The quantitative estimate of drug-likeness (QED) is 0.679. The van der Waals surface area contributed by atoms with Gasteiger partial charge in [0.25, 0.3) is 0 Å². The molecule has 1 aromatic heterocycles. The molecule has 20 heavy (non-hydrogen) atoms. The smallest absolute Gasteiger partial charge is 0.211 e. The van der Waals surface area contributed by atoms with Crippen molar-refractivity contribution >= 4 is 5.78 Å². The van der Waals surface area contributed by atoms with Crippen molar-refractivity contribution in [2.45, 2.75) is 0 Å². The predicted octanol–water partition coefficient (Wildman–Crippen LogP) is 3.32. The minimum Gasteiger partial charge on any atom is -0.287 e. The van der Waals surface area contributed by atoms with Gasteiger partial charge in [0.1, 0.15) is 5.69 Å². The molecule has 0 radical (unpaired) electrons. The number of ketones is 1. The molecular weight excluding hydrogens is 248 g/mol. The van der Waals surface area contributed by atoms with E-state index >= 15 is 0 Å². The highest BCUT2D eigenvalue weighted by Gasteiger charge is 2.12. The van der Waals surface area contributed by atoms with Crippen LogP contribution in [0.2, 0.25) is 0 Å². The Hall–Kier alpha value is -2.68. The molecule has 3 rings (SSSR count). The van der Waals surface area contributed by atoms with Gasteiger partial charge in [-0.2, -0.15) is 5.10 Å². The van der Waals surface area contributed by atoms with Crippen molar-refractivity contribution < 1.29 is 4.79 Å². The Kier molecular flexibility index (Phi) is 3.17. The molecule has 0 aliphatic carbocycles. The first-order valence-corrected chi connectivity index (χ1v) is 6.44. The fourth-order valence-corrected chi connectivity index (χ4v) is 2.19. The summed E-state index contributed by atoms with van der Waals surface area (Å²) in [5, 5.41) is 4.02. The molecule has 0 unspecified atom stereocenters. The Morgan fingerprint density at radius 2 is 1.55 bits per heavy atom. The first-order chi connectivity index (χ1) is 9.75. The molecule has 0 aliphatic rings. The molecular formula is C17H14N2O. The van der Waals surface area contributed by atoms with E-state index in [4.69, 9.17) is 0 Å². The SMILES string of the molecule is Cn1nccc1C(=O)c1ccc(-c2ccccc2)cc1. The lowest BCUT2D eigenvalue weighted by Crippen LogP contribution is -2.07. The number of carbonyl (C=O) groups excluding carboxylic acids is 1. The number of aromatic nitrogens is 2. The highest BCUT2D eigenvalue weighted by molar-refractivity contribution is 6.08. The largest absolute Gasteiger partial charge is 0.287 e. The minimum atomic E-state index is -0.00962. The normalized spacial score (nSPS) is 10.4. The molecule has 3 heteroatoms. The van der Waals surface area contributed by atoms with Crippen molar-refractivity contribution in [1.82, 2.24) is 9.78 Å². The summed E-state index contributed by atoms with van der Waals surface area (Å²) in [6.45, 7) is 0. The lowest BCUT2D eigenvalue weighted by molar-refractivity contribution is 0.103. The highest BCUT2D eigenvalue weighted by Crippen LogP contribution is 2.20. The molecule has 0 saturated heterocycles. The van der Waals surface area contributed by atoms with E-state index in [1.165, 1.54) is 0 Å². The minimum absolute atomic E-state index is 0.00962. The van der Waals surface area contributed by atoms with Crippen LogP contribution in [0.3, 0.4) is 0 Å². The number of benzene rings is 2. The molecule has 0 aliphatic heterocycles. The van der Waals surface area contributed by atoms with Crippen LogP contribution < -0.4 is 0 Å². The maximum absolute atomic E-state index is 12.3. The van der Waals surface area contributed by atoms with Crippen LogP contribution in [-0.2, 0) is 7.05 Å². The molecule has 0 N–H and O–H groups in total. The van der Waals surface area contributed by atoms with Crippen LogP contribution in [0.5, 0.6) is 0 Å². The molecule has 0 saturated carbocycles. The molecule has 0 spiro atoms. The van der Waals surface area contributed by atoms with Gasteiger partial charge >= 0.3 is 0 Å². The van der Waals surface area contributed by atoms with Gasteiger partial charge in [-0.1, -0.05) is 54.6 Å². The molecule has 0 atom stereocenters. The van der Waals surface area contributed by atoms with Crippen LogP contribution in [0, 0.1) is 0 Å². The van der Waals surface area contributed by atoms with Gasteiger partial charge < -0.3 is 0 Å². The third kappa shape index (κ3) is 2.26. The van der Waals surface area contributed by atoms with Crippen molar-refractivity contribution in [3.63, 3.8) is 0 Å². The Morgan fingerprint density at radius 3 is 2.15 bits per heavy atom. The maximum Gasteiger partial charge on any atom is 0.211 e. The van der Waals surface area contributed by atoms with Crippen LogP contribution in [0.1, 0.15) is 16.1 Å². The van der Waals surface area contributed by atoms with E-state index in [0.29, 0.717) is 11.3 Å². The molecule has 3 nitrogen and oxygen atoms in total. The Labute approximate surface area is 117 Å². The Bertz CT molecular complexity index is 727. The second kappa shape index (κ2) is 5.13. The van der Waals surface area contributed by atoms with Crippen LogP contribution in [0.15, 0.2) is 66.9 Å². The van der Waals surface area contributed by atoms with E-state index in [1.54, 1.807) is 24.0 Å². The van der Waals surface area contributed by atoms with Crippen LogP contribution in [0.4, 0.5) is 0 Å². The summed E-state index contributed by atoms with van der Waals surface area (Å²) in [5.74, 6) is -0.00962. The van der Waals surface area contributed by atoms with Gasteiger partial charge in [-0.15, -0.1) is 0 Å².